The van der Waals surface area contributed by atoms with E-state index in [-0.39, 0.29) is 35.4 Å². The van der Waals surface area contributed by atoms with E-state index in [0.717, 1.165) is 13.0 Å². The number of likely N-dealkylation sites (tertiary alicyclic amines) is 1. The molecule has 3 heteroatoms. The largest absolute Gasteiger partial charge is 1.00 e. The summed E-state index contributed by atoms with van der Waals surface area (Å²) in [6, 6.07) is 0.269. The lowest BCUT2D eigenvalue weighted by molar-refractivity contribution is -0.882. The Kier molecular flexibility index (Phi) is 4.86. The van der Waals surface area contributed by atoms with Crippen LogP contribution in [0.5, 0.6) is 0 Å². The molecule has 0 radical (unpaired) electrons. The summed E-state index contributed by atoms with van der Waals surface area (Å²) in [4.78, 5) is 13.3. The monoisotopic (exact) mass is 297 g/mol. The Hall–Kier alpha value is 0.360. The Morgan fingerprint density at radius 3 is 2.23 bits per heavy atom. The second kappa shape index (κ2) is 4.73. The fourth-order valence-corrected chi connectivity index (χ4v) is 1.88. The van der Waals surface area contributed by atoms with Crippen molar-refractivity contribution in [1.29, 1.82) is 0 Å². The van der Waals surface area contributed by atoms with Crippen LogP contribution in [0.2, 0.25) is 0 Å². The molecule has 13 heavy (non-hydrogen) atoms. The molecule has 1 aliphatic rings. The van der Waals surface area contributed by atoms with E-state index < -0.39 is 0 Å². The topological polar surface area (TPSA) is 21.5 Å². The Morgan fingerprint density at radius 1 is 1.38 bits per heavy atom. The molecular formula is C10H20INO. The lowest BCUT2D eigenvalue weighted by atomic mass is 9.86. The van der Waals surface area contributed by atoms with E-state index in [4.69, 9.17) is 0 Å². The molecule has 78 valence electrons. The first kappa shape index (κ1) is 13.4. The molecular weight excluding hydrogens is 277 g/mol. The van der Waals surface area contributed by atoms with Gasteiger partial charge in [-0.2, -0.15) is 0 Å². The quantitative estimate of drug-likeness (QED) is 0.522. The third-order valence-corrected chi connectivity index (χ3v) is 2.71. The highest BCUT2D eigenvalue weighted by Crippen LogP contribution is 2.18. The SMILES string of the molecule is C[NH+]1CCC[C@H]1C(=O)C(C)(C)C.[I-]. The molecule has 0 aromatic rings. The van der Waals surface area contributed by atoms with Crippen molar-refractivity contribution in [3.63, 3.8) is 0 Å². The summed E-state index contributed by atoms with van der Waals surface area (Å²) >= 11 is 0. The van der Waals surface area contributed by atoms with Gasteiger partial charge in [-0.1, -0.05) is 20.8 Å². The minimum atomic E-state index is -0.156. The van der Waals surface area contributed by atoms with Gasteiger partial charge in [0, 0.05) is 18.3 Å². The van der Waals surface area contributed by atoms with Crippen molar-refractivity contribution in [3.05, 3.63) is 0 Å². The molecule has 1 unspecified atom stereocenters. The van der Waals surface area contributed by atoms with Gasteiger partial charge in [0.15, 0.2) is 5.78 Å². The van der Waals surface area contributed by atoms with Crippen molar-refractivity contribution in [2.75, 3.05) is 13.6 Å². The number of ketones is 1. The minimum Gasteiger partial charge on any atom is -1.00 e. The first-order valence-corrected chi connectivity index (χ1v) is 4.79. The molecule has 2 nitrogen and oxygen atoms in total. The number of carbonyl (C=O) groups is 1. The van der Waals surface area contributed by atoms with Gasteiger partial charge in [0.2, 0.25) is 0 Å². The fraction of sp³-hybridized carbons (Fsp3) is 0.900. The molecule has 0 saturated carbocycles. The van der Waals surface area contributed by atoms with E-state index >= 15 is 0 Å². The van der Waals surface area contributed by atoms with Crippen molar-refractivity contribution < 1.29 is 33.7 Å². The first-order chi connectivity index (χ1) is 5.43. The molecule has 0 spiro atoms. The molecule has 0 bridgehead atoms. The number of hydrogen-bond acceptors (Lipinski definition) is 1. The number of quaternary nitrogens is 1. The van der Waals surface area contributed by atoms with Crippen LogP contribution in [0, 0.1) is 5.41 Å². The van der Waals surface area contributed by atoms with Crippen LogP contribution in [0.25, 0.3) is 0 Å². The summed E-state index contributed by atoms with van der Waals surface area (Å²) < 4.78 is 0. The normalized spacial score (nSPS) is 28.3. The highest BCUT2D eigenvalue weighted by Gasteiger charge is 2.37. The molecule has 0 aromatic carbocycles. The summed E-state index contributed by atoms with van der Waals surface area (Å²) in [5, 5.41) is 0. The van der Waals surface area contributed by atoms with Crippen molar-refractivity contribution in [2.45, 2.75) is 39.7 Å². The molecule has 2 atom stereocenters. The number of nitrogens with one attached hydrogen (secondary N) is 1. The van der Waals surface area contributed by atoms with Gasteiger partial charge < -0.3 is 28.9 Å². The maximum atomic E-state index is 11.9. The zero-order valence-electron chi connectivity index (χ0n) is 8.98. The minimum absolute atomic E-state index is 0. The van der Waals surface area contributed by atoms with E-state index in [1.165, 1.54) is 11.3 Å². The van der Waals surface area contributed by atoms with Crippen LogP contribution in [-0.2, 0) is 4.79 Å². The predicted octanol–water partition coefficient (Wildman–Crippen LogP) is -2.72. The second-order valence-electron chi connectivity index (χ2n) is 4.91. The van der Waals surface area contributed by atoms with Crippen LogP contribution in [0.4, 0.5) is 0 Å². The molecule has 1 N–H and O–H groups in total. The van der Waals surface area contributed by atoms with Crippen molar-refractivity contribution in [3.8, 4) is 0 Å². The zero-order valence-corrected chi connectivity index (χ0v) is 11.1. The molecule has 1 fully saturated rings. The molecule has 0 aliphatic carbocycles. The molecule has 0 amide bonds. The zero-order chi connectivity index (χ0) is 9.35. The smallest absolute Gasteiger partial charge is 0.195 e. The highest BCUT2D eigenvalue weighted by atomic mass is 127. The molecule has 1 aliphatic heterocycles. The predicted molar refractivity (Wildman–Crippen MR) is 49.2 cm³/mol. The van der Waals surface area contributed by atoms with Crippen molar-refractivity contribution in [1.82, 2.24) is 0 Å². The van der Waals surface area contributed by atoms with Crippen LogP contribution >= 0.6 is 0 Å². The number of halogens is 1. The van der Waals surface area contributed by atoms with Gasteiger partial charge in [-0.15, -0.1) is 0 Å². The van der Waals surface area contributed by atoms with Gasteiger partial charge in [-0.05, 0) is 0 Å². The van der Waals surface area contributed by atoms with Gasteiger partial charge in [-0.25, -0.2) is 0 Å². The summed E-state index contributed by atoms with van der Waals surface area (Å²) in [5.41, 5.74) is -0.156. The molecule has 1 saturated heterocycles. The number of carbonyl (C=O) groups excluding carboxylic acids is 1. The third-order valence-electron chi connectivity index (χ3n) is 2.71. The van der Waals surface area contributed by atoms with Crippen molar-refractivity contribution >= 4 is 5.78 Å². The van der Waals surface area contributed by atoms with Crippen LogP contribution in [0.3, 0.4) is 0 Å². The maximum Gasteiger partial charge on any atom is 0.195 e. The van der Waals surface area contributed by atoms with Gasteiger partial charge in [0.05, 0.1) is 13.6 Å². The van der Waals surface area contributed by atoms with Crippen LogP contribution < -0.4 is 28.9 Å². The highest BCUT2D eigenvalue weighted by molar-refractivity contribution is 5.87. The van der Waals surface area contributed by atoms with E-state index in [1.807, 2.05) is 20.8 Å². The maximum absolute atomic E-state index is 11.9. The lowest BCUT2D eigenvalue weighted by Crippen LogP contribution is -3.12. The van der Waals surface area contributed by atoms with Crippen LogP contribution in [0.1, 0.15) is 33.6 Å². The summed E-state index contributed by atoms with van der Waals surface area (Å²) in [5.74, 6) is 0.428. The lowest BCUT2D eigenvalue weighted by Gasteiger charge is -2.23. The van der Waals surface area contributed by atoms with Gasteiger partial charge in [-0.3, -0.25) is 4.79 Å². The average molecular weight is 297 g/mol. The second-order valence-corrected chi connectivity index (χ2v) is 4.91. The number of likely N-dealkylation sites (N-methyl/N-ethyl adjacent to an activating group) is 1. The van der Waals surface area contributed by atoms with Crippen molar-refractivity contribution in [2.24, 2.45) is 5.41 Å². The number of hydrogen-bond donors (Lipinski definition) is 1. The van der Waals surface area contributed by atoms with Gasteiger partial charge in [0.25, 0.3) is 0 Å². The first-order valence-electron chi connectivity index (χ1n) is 4.79. The van der Waals surface area contributed by atoms with Crippen LogP contribution in [-0.4, -0.2) is 25.4 Å². The van der Waals surface area contributed by atoms with E-state index in [9.17, 15) is 4.79 Å². The van der Waals surface area contributed by atoms with E-state index in [1.54, 1.807) is 0 Å². The summed E-state index contributed by atoms with van der Waals surface area (Å²) in [6.07, 6.45) is 2.29. The van der Waals surface area contributed by atoms with E-state index in [2.05, 4.69) is 7.05 Å². The number of rotatable bonds is 1. The number of Topliss-reactive ketones (excluding diaryl/α,β-unsaturated/α-hetero) is 1. The Labute approximate surface area is 98.1 Å². The van der Waals surface area contributed by atoms with Crippen LogP contribution in [0.15, 0.2) is 0 Å². The fourth-order valence-electron chi connectivity index (χ4n) is 1.88. The molecule has 0 aromatic heterocycles. The van der Waals surface area contributed by atoms with Gasteiger partial charge >= 0.3 is 0 Å². The summed E-state index contributed by atoms with van der Waals surface area (Å²) in [6.45, 7) is 7.20. The standard InChI is InChI=1S/C10H19NO.HI/c1-10(2,3)9(12)8-6-5-7-11(8)4;/h8H,5-7H2,1-4H3;1H/t8-;/m0./s1. The summed E-state index contributed by atoms with van der Waals surface area (Å²) in [7, 11) is 2.13. The Balaban J connectivity index is 0.00000144. The van der Waals surface area contributed by atoms with Gasteiger partial charge in [0.1, 0.15) is 6.04 Å². The Bertz CT molecular complexity index is 186. The molecule has 1 rings (SSSR count). The van der Waals surface area contributed by atoms with E-state index in [0.29, 0.717) is 5.78 Å². The molecule has 1 heterocycles. The average Bonchev–Trinajstić information content (AvgIpc) is 2.31. The Morgan fingerprint density at radius 2 is 1.92 bits per heavy atom. The third kappa shape index (κ3) is 3.20.